The van der Waals surface area contributed by atoms with Crippen molar-refractivity contribution in [2.75, 3.05) is 41.9 Å². The summed E-state index contributed by atoms with van der Waals surface area (Å²) in [4.78, 5) is 14.1. The Labute approximate surface area is 186 Å². The lowest BCUT2D eigenvalue weighted by Crippen LogP contribution is -2.37. The molecular weight excluding hydrogens is 442 g/mol. The summed E-state index contributed by atoms with van der Waals surface area (Å²) < 4.78 is 58.1. The molecular formula is C21H19F4N7O. The first-order chi connectivity index (χ1) is 15.9. The van der Waals surface area contributed by atoms with Gasteiger partial charge in [-0.05, 0) is 30.3 Å². The largest absolute Gasteiger partial charge is 0.416 e. The molecule has 12 heteroatoms. The number of morpholine rings is 1. The van der Waals surface area contributed by atoms with Crippen molar-refractivity contribution in [3.63, 3.8) is 0 Å². The first-order valence-electron chi connectivity index (χ1n) is 9.94. The molecule has 3 heterocycles. The number of rotatable bonds is 6. The summed E-state index contributed by atoms with van der Waals surface area (Å²) in [7, 11) is 0. The molecule has 0 atom stereocenters. The average Bonchev–Trinajstić information content (AvgIpc) is 2.81. The Morgan fingerprint density at radius 2 is 1.85 bits per heavy atom. The van der Waals surface area contributed by atoms with Gasteiger partial charge in [0.25, 0.3) is 0 Å². The number of hydrazone groups is 1. The topological polar surface area (TPSA) is 87.6 Å². The van der Waals surface area contributed by atoms with Crippen LogP contribution in [0.2, 0.25) is 0 Å². The highest BCUT2D eigenvalue weighted by Gasteiger charge is 2.30. The monoisotopic (exact) mass is 461 g/mol. The molecule has 0 saturated carbocycles. The number of nitrogens with one attached hydrogen (secondary N) is 2. The van der Waals surface area contributed by atoms with Crippen LogP contribution in [-0.2, 0) is 10.9 Å². The molecule has 0 spiro atoms. The Bertz CT molecular complexity index is 1130. The van der Waals surface area contributed by atoms with Crippen molar-refractivity contribution in [1.82, 2.24) is 15.0 Å². The van der Waals surface area contributed by atoms with Crippen LogP contribution < -0.4 is 15.6 Å². The molecule has 3 aromatic rings. The fourth-order valence-electron chi connectivity index (χ4n) is 3.08. The molecule has 8 nitrogen and oxygen atoms in total. The summed E-state index contributed by atoms with van der Waals surface area (Å²) in [5.74, 6) is 0.0659. The standard InChI is InChI=1S/C21H19F4N7O/c22-17-13-26-20(30-19(17)32-7-9-33-10-8-32)31-27-12-16-5-2-6-18(29-16)28-15-4-1-3-14(11-15)21(23,24)25/h1-6,11-13H,7-10H2,(H,28,29)(H,26,30,31)/b27-12-. The number of hydrogen-bond acceptors (Lipinski definition) is 8. The van der Waals surface area contributed by atoms with Crippen molar-refractivity contribution >= 4 is 29.5 Å². The van der Waals surface area contributed by atoms with Crippen LogP contribution >= 0.6 is 0 Å². The van der Waals surface area contributed by atoms with Gasteiger partial charge in [-0.25, -0.2) is 19.8 Å². The third-order valence-corrected chi connectivity index (χ3v) is 4.63. The highest BCUT2D eigenvalue weighted by molar-refractivity contribution is 5.78. The molecule has 0 aliphatic carbocycles. The molecule has 33 heavy (non-hydrogen) atoms. The SMILES string of the molecule is Fc1cnc(N/N=C\c2cccc(Nc3cccc(C(F)(F)F)c3)n2)nc1N1CCOCC1. The van der Waals surface area contributed by atoms with Gasteiger partial charge in [0, 0.05) is 18.8 Å². The minimum atomic E-state index is -4.44. The molecule has 1 aliphatic rings. The number of nitrogens with zero attached hydrogens (tertiary/aromatic N) is 5. The van der Waals surface area contributed by atoms with Crippen molar-refractivity contribution in [2.24, 2.45) is 5.10 Å². The van der Waals surface area contributed by atoms with E-state index < -0.39 is 17.6 Å². The second kappa shape index (κ2) is 9.77. The molecule has 1 aromatic carbocycles. The van der Waals surface area contributed by atoms with Gasteiger partial charge in [0.05, 0.1) is 36.9 Å². The summed E-state index contributed by atoms with van der Waals surface area (Å²) in [6, 6.07) is 9.77. The minimum Gasteiger partial charge on any atom is -0.378 e. The summed E-state index contributed by atoms with van der Waals surface area (Å²) in [6.07, 6.45) is -1.98. The molecule has 4 rings (SSSR count). The molecule has 2 N–H and O–H groups in total. The number of aromatic nitrogens is 3. The summed E-state index contributed by atoms with van der Waals surface area (Å²) in [5, 5.41) is 6.86. The number of pyridine rings is 1. The van der Waals surface area contributed by atoms with E-state index in [0.29, 0.717) is 37.8 Å². The fourth-order valence-corrected chi connectivity index (χ4v) is 3.08. The third kappa shape index (κ3) is 5.92. The van der Waals surface area contributed by atoms with Crippen LogP contribution in [0.25, 0.3) is 0 Å². The van der Waals surface area contributed by atoms with Gasteiger partial charge in [-0.15, -0.1) is 0 Å². The number of alkyl halides is 3. The molecule has 1 aliphatic heterocycles. The van der Waals surface area contributed by atoms with Crippen LogP contribution in [0.1, 0.15) is 11.3 Å². The average molecular weight is 461 g/mol. The van der Waals surface area contributed by atoms with Gasteiger partial charge < -0.3 is 15.0 Å². The number of hydrogen-bond donors (Lipinski definition) is 2. The van der Waals surface area contributed by atoms with Gasteiger partial charge >= 0.3 is 6.18 Å². The quantitative estimate of drug-likeness (QED) is 0.325. The predicted molar refractivity (Wildman–Crippen MR) is 115 cm³/mol. The van der Waals surface area contributed by atoms with E-state index >= 15 is 0 Å². The normalized spacial score (nSPS) is 14.5. The minimum absolute atomic E-state index is 0.104. The van der Waals surface area contributed by atoms with Crippen LogP contribution in [0, 0.1) is 5.82 Å². The number of halogens is 4. The van der Waals surface area contributed by atoms with Crippen molar-refractivity contribution in [2.45, 2.75) is 6.18 Å². The van der Waals surface area contributed by atoms with Crippen molar-refractivity contribution in [3.8, 4) is 0 Å². The highest BCUT2D eigenvalue weighted by Crippen LogP contribution is 2.31. The van der Waals surface area contributed by atoms with Crippen molar-refractivity contribution in [3.05, 3.63) is 65.7 Å². The molecule has 0 unspecified atom stereocenters. The zero-order chi connectivity index (χ0) is 23.3. The lowest BCUT2D eigenvalue weighted by molar-refractivity contribution is -0.137. The van der Waals surface area contributed by atoms with E-state index in [4.69, 9.17) is 4.74 Å². The summed E-state index contributed by atoms with van der Waals surface area (Å²) >= 11 is 0. The number of anilines is 4. The molecule has 1 fully saturated rings. The molecule has 0 amide bonds. The van der Waals surface area contributed by atoms with Crippen LogP contribution in [0.3, 0.4) is 0 Å². The molecule has 172 valence electrons. The molecule has 0 radical (unpaired) electrons. The number of benzene rings is 1. The summed E-state index contributed by atoms with van der Waals surface area (Å²) in [5.41, 5.74) is 2.55. The van der Waals surface area contributed by atoms with Gasteiger partial charge in [-0.2, -0.15) is 23.3 Å². The van der Waals surface area contributed by atoms with E-state index in [0.717, 1.165) is 18.3 Å². The van der Waals surface area contributed by atoms with E-state index in [-0.39, 0.29) is 17.5 Å². The predicted octanol–water partition coefficient (Wildman–Crippen LogP) is 4.06. The van der Waals surface area contributed by atoms with E-state index in [9.17, 15) is 17.6 Å². The molecule has 2 aromatic heterocycles. The van der Waals surface area contributed by atoms with Crippen LogP contribution in [0.4, 0.5) is 40.8 Å². The summed E-state index contributed by atoms with van der Waals surface area (Å²) in [6.45, 7) is 2.01. The Hall–Kier alpha value is -3.80. The van der Waals surface area contributed by atoms with Gasteiger partial charge in [0.15, 0.2) is 11.6 Å². The van der Waals surface area contributed by atoms with Gasteiger partial charge in [0.1, 0.15) is 5.82 Å². The maximum Gasteiger partial charge on any atom is 0.416 e. The van der Waals surface area contributed by atoms with Crippen LogP contribution in [0.5, 0.6) is 0 Å². The molecule has 0 bridgehead atoms. The zero-order valence-corrected chi connectivity index (χ0v) is 17.2. The lowest BCUT2D eigenvalue weighted by atomic mass is 10.2. The lowest BCUT2D eigenvalue weighted by Gasteiger charge is -2.27. The highest BCUT2D eigenvalue weighted by atomic mass is 19.4. The Morgan fingerprint density at radius 1 is 1.06 bits per heavy atom. The second-order valence-electron chi connectivity index (χ2n) is 6.99. The maximum absolute atomic E-state index is 14.1. The van der Waals surface area contributed by atoms with E-state index in [1.54, 1.807) is 23.1 Å². The first-order valence-corrected chi connectivity index (χ1v) is 9.94. The Balaban J connectivity index is 1.42. The molecule has 1 saturated heterocycles. The van der Waals surface area contributed by atoms with E-state index in [2.05, 4.69) is 30.8 Å². The van der Waals surface area contributed by atoms with Crippen molar-refractivity contribution in [1.29, 1.82) is 0 Å². The van der Waals surface area contributed by atoms with E-state index in [1.165, 1.54) is 18.3 Å². The third-order valence-electron chi connectivity index (χ3n) is 4.63. The maximum atomic E-state index is 14.1. The van der Waals surface area contributed by atoms with Crippen LogP contribution in [0.15, 0.2) is 53.8 Å². The smallest absolute Gasteiger partial charge is 0.378 e. The van der Waals surface area contributed by atoms with Gasteiger partial charge in [0.2, 0.25) is 5.95 Å². The second-order valence-corrected chi connectivity index (χ2v) is 6.99. The van der Waals surface area contributed by atoms with Gasteiger partial charge in [-0.1, -0.05) is 12.1 Å². The first kappa shape index (κ1) is 22.4. The van der Waals surface area contributed by atoms with Gasteiger partial charge in [-0.3, -0.25) is 0 Å². The number of ether oxygens (including phenoxy) is 1. The van der Waals surface area contributed by atoms with Crippen LogP contribution in [-0.4, -0.2) is 47.5 Å². The van der Waals surface area contributed by atoms with E-state index in [1.807, 2.05) is 0 Å². The Kier molecular flexibility index (Phi) is 6.63. The fraction of sp³-hybridized carbons (Fsp3) is 0.238. The van der Waals surface area contributed by atoms with Crippen molar-refractivity contribution < 1.29 is 22.3 Å². The Morgan fingerprint density at radius 3 is 2.64 bits per heavy atom. The zero-order valence-electron chi connectivity index (χ0n) is 17.2.